The molecule has 0 amide bonds. The predicted octanol–water partition coefficient (Wildman–Crippen LogP) is 2.58. The summed E-state index contributed by atoms with van der Waals surface area (Å²) in [5.41, 5.74) is 1.93. The first-order valence-electron chi connectivity index (χ1n) is 7.44. The van der Waals surface area contributed by atoms with Crippen LogP contribution in [0.25, 0.3) is 16.1 Å². The second-order valence-electron chi connectivity index (χ2n) is 4.87. The van der Waals surface area contributed by atoms with Crippen LogP contribution in [0.4, 0.5) is 0 Å². The lowest BCUT2D eigenvalue weighted by Crippen LogP contribution is -2.09. The summed E-state index contributed by atoms with van der Waals surface area (Å²) in [6.45, 7) is 2.03. The van der Waals surface area contributed by atoms with E-state index in [1.54, 1.807) is 27.2 Å². The van der Waals surface area contributed by atoms with E-state index >= 15 is 0 Å². The summed E-state index contributed by atoms with van der Waals surface area (Å²) in [4.78, 5) is 12.5. The minimum absolute atomic E-state index is 0.273. The van der Waals surface area contributed by atoms with Crippen LogP contribution in [0.5, 0.6) is 11.5 Å². The molecule has 0 saturated heterocycles. The normalized spacial score (nSPS) is 10.5. The monoisotopic (exact) mass is 360 g/mol. The van der Waals surface area contributed by atoms with Gasteiger partial charge in [-0.1, -0.05) is 6.07 Å². The predicted molar refractivity (Wildman–Crippen MR) is 91.5 cm³/mol. The van der Waals surface area contributed by atoms with Gasteiger partial charge in [0.2, 0.25) is 0 Å². The van der Waals surface area contributed by atoms with Gasteiger partial charge in [-0.25, -0.2) is 4.79 Å². The molecule has 9 heteroatoms. The summed E-state index contributed by atoms with van der Waals surface area (Å²) >= 11 is 1.35. The zero-order valence-corrected chi connectivity index (χ0v) is 14.7. The molecule has 2 aromatic heterocycles. The van der Waals surface area contributed by atoms with Gasteiger partial charge in [-0.3, -0.25) is 0 Å². The highest BCUT2D eigenvalue weighted by atomic mass is 32.1. The smallest absolute Gasteiger partial charge is 0.341 e. The summed E-state index contributed by atoms with van der Waals surface area (Å²) in [6, 6.07) is 5.46. The first kappa shape index (κ1) is 16.9. The van der Waals surface area contributed by atoms with Crippen LogP contribution in [0.3, 0.4) is 0 Å². The van der Waals surface area contributed by atoms with Crippen molar-refractivity contribution in [3.05, 3.63) is 35.5 Å². The third kappa shape index (κ3) is 3.18. The number of benzene rings is 1. The zero-order valence-electron chi connectivity index (χ0n) is 13.9. The molecule has 0 aliphatic heterocycles. The lowest BCUT2D eigenvalue weighted by molar-refractivity contribution is 0.0528. The van der Waals surface area contributed by atoms with E-state index in [1.165, 1.54) is 22.3 Å². The number of thiophene rings is 1. The lowest BCUT2D eigenvalue weighted by Gasteiger charge is -2.11. The third-order valence-corrected chi connectivity index (χ3v) is 4.47. The number of nitrogens with zero attached hydrogens (tertiary/aromatic N) is 4. The number of rotatable bonds is 6. The number of hydrogen-bond donors (Lipinski definition) is 0. The number of esters is 1. The van der Waals surface area contributed by atoms with E-state index in [2.05, 4.69) is 15.5 Å². The van der Waals surface area contributed by atoms with Crippen LogP contribution in [0.2, 0.25) is 0 Å². The minimum Gasteiger partial charge on any atom is -0.493 e. The maximum atomic E-state index is 12.5. The summed E-state index contributed by atoms with van der Waals surface area (Å²) in [6.07, 6.45) is 1.44. The van der Waals surface area contributed by atoms with Crippen molar-refractivity contribution in [3.63, 3.8) is 0 Å². The Kier molecular flexibility index (Phi) is 4.94. The van der Waals surface area contributed by atoms with Crippen molar-refractivity contribution < 1.29 is 19.0 Å². The molecule has 0 radical (unpaired) electrons. The Hall–Kier alpha value is -2.94. The molecular weight excluding hydrogens is 344 g/mol. The average molecular weight is 360 g/mol. The highest BCUT2D eigenvalue weighted by Crippen LogP contribution is 2.38. The topological polar surface area (TPSA) is 88.4 Å². The molecule has 25 heavy (non-hydrogen) atoms. The number of hydrogen-bond acceptors (Lipinski definition) is 8. The molecule has 8 nitrogen and oxygen atoms in total. The molecule has 0 fully saturated rings. The Labute approximate surface area is 147 Å². The van der Waals surface area contributed by atoms with Crippen LogP contribution in [0.15, 0.2) is 29.9 Å². The van der Waals surface area contributed by atoms with E-state index in [0.717, 1.165) is 11.1 Å². The van der Waals surface area contributed by atoms with Crippen molar-refractivity contribution in [2.75, 3.05) is 20.8 Å². The highest BCUT2D eigenvalue weighted by molar-refractivity contribution is 7.13. The van der Waals surface area contributed by atoms with Crippen molar-refractivity contribution in [1.82, 2.24) is 20.2 Å². The minimum atomic E-state index is -0.431. The van der Waals surface area contributed by atoms with Crippen LogP contribution in [0, 0.1) is 0 Å². The summed E-state index contributed by atoms with van der Waals surface area (Å²) in [5, 5.41) is 13.6. The molecule has 0 aliphatic rings. The molecule has 0 N–H and O–H groups in total. The Morgan fingerprint density at radius 1 is 1.24 bits per heavy atom. The molecule has 3 rings (SSSR count). The van der Waals surface area contributed by atoms with Crippen molar-refractivity contribution in [2.24, 2.45) is 0 Å². The molecule has 1 aromatic carbocycles. The first-order valence-corrected chi connectivity index (χ1v) is 8.31. The molecule has 0 unspecified atom stereocenters. The molecule has 2 heterocycles. The van der Waals surface area contributed by atoms with Gasteiger partial charge in [0.15, 0.2) is 11.5 Å². The van der Waals surface area contributed by atoms with Crippen molar-refractivity contribution in [1.29, 1.82) is 0 Å². The number of tetrazole rings is 1. The van der Waals surface area contributed by atoms with Gasteiger partial charge in [0.1, 0.15) is 16.9 Å². The fraction of sp³-hybridized carbons (Fsp3) is 0.250. The molecule has 130 valence electrons. The van der Waals surface area contributed by atoms with Gasteiger partial charge in [0.25, 0.3) is 0 Å². The standard InChI is InChI=1S/C16H16N4O4S/c1-4-24-16(21)14-11(8-25-15(14)20-9-17-18-19-20)10-5-6-12(22-2)13(7-10)23-3/h5-9H,4H2,1-3H3. The van der Waals surface area contributed by atoms with Crippen molar-refractivity contribution >= 4 is 17.3 Å². The Balaban J connectivity index is 2.15. The van der Waals surface area contributed by atoms with E-state index in [4.69, 9.17) is 14.2 Å². The van der Waals surface area contributed by atoms with Gasteiger partial charge in [-0.2, -0.15) is 4.68 Å². The third-order valence-electron chi connectivity index (χ3n) is 3.50. The molecule has 0 saturated carbocycles. The molecular formula is C16H16N4O4S. The first-order chi connectivity index (χ1) is 12.2. The van der Waals surface area contributed by atoms with Gasteiger partial charge in [-0.05, 0) is 35.0 Å². The van der Waals surface area contributed by atoms with E-state index in [9.17, 15) is 4.79 Å². The molecule has 0 atom stereocenters. The second-order valence-corrected chi connectivity index (χ2v) is 5.73. The molecule has 3 aromatic rings. The number of ether oxygens (including phenoxy) is 3. The van der Waals surface area contributed by atoms with Crippen LogP contribution in [-0.4, -0.2) is 47.0 Å². The second kappa shape index (κ2) is 7.31. The fourth-order valence-corrected chi connectivity index (χ4v) is 3.37. The van der Waals surface area contributed by atoms with Gasteiger partial charge in [0.05, 0.1) is 20.8 Å². The highest BCUT2D eigenvalue weighted by Gasteiger charge is 2.24. The Bertz CT molecular complexity index is 876. The van der Waals surface area contributed by atoms with Crippen LogP contribution >= 0.6 is 11.3 Å². The Morgan fingerprint density at radius 2 is 2.04 bits per heavy atom. The maximum Gasteiger partial charge on any atom is 0.341 e. The largest absolute Gasteiger partial charge is 0.493 e. The van der Waals surface area contributed by atoms with Gasteiger partial charge >= 0.3 is 5.97 Å². The van der Waals surface area contributed by atoms with E-state index < -0.39 is 5.97 Å². The van der Waals surface area contributed by atoms with Crippen LogP contribution in [-0.2, 0) is 4.74 Å². The lowest BCUT2D eigenvalue weighted by atomic mass is 10.0. The van der Waals surface area contributed by atoms with Crippen LogP contribution in [0.1, 0.15) is 17.3 Å². The number of aromatic nitrogens is 4. The SMILES string of the molecule is CCOC(=O)c1c(-c2ccc(OC)c(OC)c2)csc1-n1cnnn1. The molecule has 0 bridgehead atoms. The summed E-state index contributed by atoms with van der Waals surface area (Å²) in [5.74, 6) is 0.754. The van der Waals surface area contributed by atoms with Gasteiger partial charge < -0.3 is 14.2 Å². The maximum absolute atomic E-state index is 12.5. The van der Waals surface area contributed by atoms with E-state index in [-0.39, 0.29) is 6.61 Å². The average Bonchev–Trinajstić information content (AvgIpc) is 3.30. The van der Waals surface area contributed by atoms with E-state index in [1.807, 2.05) is 17.5 Å². The Morgan fingerprint density at radius 3 is 2.68 bits per heavy atom. The zero-order chi connectivity index (χ0) is 17.8. The van der Waals surface area contributed by atoms with Gasteiger partial charge in [0, 0.05) is 10.9 Å². The quantitative estimate of drug-likeness (QED) is 0.624. The fourth-order valence-electron chi connectivity index (χ4n) is 2.39. The molecule has 0 aliphatic carbocycles. The van der Waals surface area contributed by atoms with Crippen molar-refractivity contribution in [3.8, 4) is 27.6 Å². The number of carbonyl (C=O) groups is 1. The van der Waals surface area contributed by atoms with Crippen molar-refractivity contribution in [2.45, 2.75) is 6.92 Å². The number of methoxy groups -OCH3 is 2. The van der Waals surface area contributed by atoms with Gasteiger partial charge in [-0.15, -0.1) is 16.4 Å². The molecule has 0 spiro atoms. The number of carbonyl (C=O) groups excluding carboxylic acids is 1. The summed E-state index contributed by atoms with van der Waals surface area (Å²) in [7, 11) is 3.13. The van der Waals surface area contributed by atoms with E-state index in [0.29, 0.717) is 22.1 Å². The summed E-state index contributed by atoms with van der Waals surface area (Å²) < 4.78 is 17.3. The van der Waals surface area contributed by atoms with Crippen LogP contribution < -0.4 is 9.47 Å².